The van der Waals surface area contributed by atoms with Gasteiger partial charge >= 0.3 is 5.97 Å². The van der Waals surface area contributed by atoms with Crippen LogP contribution in [0.15, 0.2) is 0 Å². The number of carboxylic acids is 1. The largest absolute Gasteiger partial charge is 0.480 e. The second-order valence-electron chi connectivity index (χ2n) is 4.79. The molecule has 3 N–H and O–H groups in total. The zero-order chi connectivity index (χ0) is 13.8. The van der Waals surface area contributed by atoms with Crippen molar-refractivity contribution < 1.29 is 19.4 Å². The normalized spacial score (nSPS) is 26.6. The fraction of sp³-hybridized carbons (Fsp3) is 0.833. The van der Waals surface area contributed by atoms with Gasteiger partial charge in [-0.25, -0.2) is 4.79 Å². The van der Waals surface area contributed by atoms with Crippen LogP contribution in [0.1, 0.15) is 27.2 Å². The van der Waals surface area contributed by atoms with E-state index in [0.717, 1.165) is 6.54 Å². The standard InChI is InChI=1S/C12H22N2O4/c1-4-12(3,11(16)17)14-10(15)8-6-18-7-9(8)13-5-2/h8-9,13H,4-7H2,1-3H3,(H,14,15)(H,16,17). The highest BCUT2D eigenvalue weighted by molar-refractivity contribution is 5.88. The van der Waals surface area contributed by atoms with Crippen molar-refractivity contribution in [2.75, 3.05) is 19.8 Å². The van der Waals surface area contributed by atoms with Crippen LogP contribution in [-0.4, -0.2) is 48.3 Å². The summed E-state index contributed by atoms with van der Waals surface area (Å²) >= 11 is 0. The van der Waals surface area contributed by atoms with Gasteiger partial charge < -0.3 is 20.5 Å². The first-order valence-corrected chi connectivity index (χ1v) is 6.31. The topological polar surface area (TPSA) is 87.7 Å². The van der Waals surface area contributed by atoms with Crippen molar-refractivity contribution in [1.82, 2.24) is 10.6 Å². The monoisotopic (exact) mass is 258 g/mol. The van der Waals surface area contributed by atoms with Crippen LogP contribution in [0.5, 0.6) is 0 Å². The van der Waals surface area contributed by atoms with E-state index < -0.39 is 11.5 Å². The Kier molecular flexibility index (Phi) is 5.10. The summed E-state index contributed by atoms with van der Waals surface area (Å²) < 4.78 is 5.28. The Labute approximate surface area is 107 Å². The molecule has 18 heavy (non-hydrogen) atoms. The fourth-order valence-corrected chi connectivity index (χ4v) is 1.93. The first-order chi connectivity index (χ1) is 8.44. The third-order valence-electron chi connectivity index (χ3n) is 3.46. The van der Waals surface area contributed by atoms with E-state index in [0.29, 0.717) is 19.6 Å². The third kappa shape index (κ3) is 3.20. The lowest BCUT2D eigenvalue weighted by atomic mass is 9.96. The number of carboxylic acid groups (broad SMARTS) is 1. The van der Waals surface area contributed by atoms with Gasteiger partial charge in [0.15, 0.2) is 0 Å². The SMILES string of the molecule is CCNC1COCC1C(=O)NC(C)(CC)C(=O)O. The molecule has 1 aliphatic heterocycles. The van der Waals surface area contributed by atoms with E-state index >= 15 is 0 Å². The number of rotatable bonds is 6. The van der Waals surface area contributed by atoms with Crippen LogP contribution in [0.3, 0.4) is 0 Å². The molecule has 1 amide bonds. The molecule has 0 aromatic carbocycles. The molecular formula is C12H22N2O4. The van der Waals surface area contributed by atoms with Gasteiger partial charge in [0.05, 0.1) is 19.1 Å². The van der Waals surface area contributed by atoms with E-state index in [9.17, 15) is 9.59 Å². The van der Waals surface area contributed by atoms with E-state index in [2.05, 4.69) is 10.6 Å². The quantitative estimate of drug-likeness (QED) is 0.623. The molecule has 0 bridgehead atoms. The Morgan fingerprint density at radius 3 is 2.56 bits per heavy atom. The molecule has 6 nitrogen and oxygen atoms in total. The van der Waals surface area contributed by atoms with E-state index in [4.69, 9.17) is 9.84 Å². The highest BCUT2D eigenvalue weighted by Gasteiger charge is 2.39. The lowest BCUT2D eigenvalue weighted by molar-refractivity contribution is -0.147. The minimum atomic E-state index is -1.21. The van der Waals surface area contributed by atoms with Crippen molar-refractivity contribution >= 4 is 11.9 Å². The summed E-state index contributed by atoms with van der Waals surface area (Å²) in [7, 11) is 0. The van der Waals surface area contributed by atoms with Gasteiger partial charge in [0.2, 0.25) is 5.91 Å². The highest BCUT2D eigenvalue weighted by atomic mass is 16.5. The van der Waals surface area contributed by atoms with E-state index in [-0.39, 0.29) is 17.9 Å². The minimum Gasteiger partial charge on any atom is -0.480 e. The average molecular weight is 258 g/mol. The molecule has 0 aliphatic carbocycles. The number of likely N-dealkylation sites (N-methyl/N-ethyl adjacent to an activating group) is 1. The van der Waals surface area contributed by atoms with Crippen LogP contribution in [0.2, 0.25) is 0 Å². The third-order valence-corrected chi connectivity index (χ3v) is 3.46. The first-order valence-electron chi connectivity index (χ1n) is 6.31. The molecular weight excluding hydrogens is 236 g/mol. The molecule has 104 valence electrons. The molecule has 1 aliphatic rings. The number of amides is 1. The number of carbonyl (C=O) groups excluding carboxylic acids is 1. The Hall–Kier alpha value is -1.14. The summed E-state index contributed by atoms with van der Waals surface area (Å²) in [5.41, 5.74) is -1.21. The molecule has 1 rings (SSSR count). The van der Waals surface area contributed by atoms with Crippen molar-refractivity contribution in [1.29, 1.82) is 0 Å². The van der Waals surface area contributed by atoms with Crippen molar-refractivity contribution in [3.8, 4) is 0 Å². The van der Waals surface area contributed by atoms with Crippen LogP contribution < -0.4 is 10.6 Å². The smallest absolute Gasteiger partial charge is 0.329 e. The van der Waals surface area contributed by atoms with Gasteiger partial charge in [-0.15, -0.1) is 0 Å². The van der Waals surface area contributed by atoms with Gasteiger partial charge in [0.1, 0.15) is 5.54 Å². The van der Waals surface area contributed by atoms with Gasteiger partial charge in [-0.2, -0.15) is 0 Å². The van der Waals surface area contributed by atoms with Gasteiger partial charge in [-0.05, 0) is 19.9 Å². The lowest BCUT2D eigenvalue weighted by Crippen LogP contribution is -2.55. The summed E-state index contributed by atoms with van der Waals surface area (Å²) in [4.78, 5) is 23.3. The maximum atomic E-state index is 12.1. The molecule has 0 saturated carbocycles. The molecule has 0 spiro atoms. The van der Waals surface area contributed by atoms with Gasteiger partial charge in [0.25, 0.3) is 0 Å². The molecule has 0 radical (unpaired) electrons. The Morgan fingerprint density at radius 2 is 2.06 bits per heavy atom. The van der Waals surface area contributed by atoms with Gasteiger partial charge in [-0.1, -0.05) is 13.8 Å². The molecule has 0 aromatic rings. The zero-order valence-corrected chi connectivity index (χ0v) is 11.2. The summed E-state index contributed by atoms with van der Waals surface area (Å²) in [5, 5.41) is 14.9. The number of carbonyl (C=O) groups is 2. The number of hydrogen-bond donors (Lipinski definition) is 3. The maximum absolute atomic E-state index is 12.1. The molecule has 6 heteroatoms. The predicted molar refractivity (Wildman–Crippen MR) is 66.2 cm³/mol. The fourth-order valence-electron chi connectivity index (χ4n) is 1.93. The second kappa shape index (κ2) is 6.15. The van der Waals surface area contributed by atoms with Crippen molar-refractivity contribution in [2.45, 2.75) is 38.8 Å². The number of nitrogens with one attached hydrogen (secondary N) is 2. The molecule has 1 heterocycles. The van der Waals surface area contributed by atoms with Crippen molar-refractivity contribution in [3.63, 3.8) is 0 Å². The summed E-state index contributed by atoms with van der Waals surface area (Å²) in [6.45, 7) is 6.79. The molecule has 0 aromatic heterocycles. The van der Waals surface area contributed by atoms with Crippen LogP contribution in [0.25, 0.3) is 0 Å². The Balaban J connectivity index is 2.67. The summed E-state index contributed by atoms with van der Waals surface area (Å²) in [6.07, 6.45) is 0.341. The number of ether oxygens (including phenoxy) is 1. The maximum Gasteiger partial charge on any atom is 0.329 e. The van der Waals surface area contributed by atoms with Gasteiger partial charge in [-0.3, -0.25) is 4.79 Å². The van der Waals surface area contributed by atoms with E-state index in [1.54, 1.807) is 6.92 Å². The summed E-state index contributed by atoms with van der Waals surface area (Å²) in [5.74, 6) is -1.60. The van der Waals surface area contributed by atoms with E-state index in [1.165, 1.54) is 6.92 Å². The average Bonchev–Trinajstić information content (AvgIpc) is 2.77. The highest BCUT2D eigenvalue weighted by Crippen LogP contribution is 2.17. The second-order valence-corrected chi connectivity index (χ2v) is 4.79. The van der Waals surface area contributed by atoms with Crippen LogP contribution >= 0.6 is 0 Å². The predicted octanol–water partition coefficient (Wildman–Crippen LogP) is -0.0196. The van der Waals surface area contributed by atoms with Gasteiger partial charge in [0, 0.05) is 6.04 Å². The minimum absolute atomic E-state index is 0.0371. The number of hydrogen-bond acceptors (Lipinski definition) is 4. The molecule has 3 unspecified atom stereocenters. The molecule has 3 atom stereocenters. The summed E-state index contributed by atoms with van der Waals surface area (Å²) in [6, 6.07) is -0.0371. The van der Waals surface area contributed by atoms with Crippen LogP contribution in [-0.2, 0) is 14.3 Å². The van der Waals surface area contributed by atoms with E-state index in [1.807, 2.05) is 6.92 Å². The van der Waals surface area contributed by atoms with Crippen molar-refractivity contribution in [3.05, 3.63) is 0 Å². The Bertz CT molecular complexity index is 321. The van der Waals surface area contributed by atoms with Crippen molar-refractivity contribution in [2.24, 2.45) is 5.92 Å². The first kappa shape index (κ1) is 14.9. The lowest BCUT2D eigenvalue weighted by Gasteiger charge is -2.27. The number of aliphatic carboxylic acids is 1. The Morgan fingerprint density at radius 1 is 1.39 bits per heavy atom. The molecule has 1 fully saturated rings. The zero-order valence-electron chi connectivity index (χ0n) is 11.2. The van der Waals surface area contributed by atoms with Crippen LogP contribution in [0.4, 0.5) is 0 Å². The van der Waals surface area contributed by atoms with Crippen LogP contribution in [0, 0.1) is 5.92 Å². The molecule has 1 saturated heterocycles.